The highest BCUT2D eigenvalue weighted by molar-refractivity contribution is 5.40. The maximum atomic E-state index is 5.64. The van der Waals surface area contributed by atoms with Crippen LogP contribution >= 0.6 is 0 Å². The molecule has 0 bridgehead atoms. The van der Waals surface area contributed by atoms with Gasteiger partial charge in [-0.3, -0.25) is 0 Å². The van der Waals surface area contributed by atoms with Gasteiger partial charge in [0.15, 0.2) is 0 Å². The first-order valence-electron chi connectivity index (χ1n) is 6.90. The second kappa shape index (κ2) is 7.48. The Bertz CT molecular complexity index is 395. The Labute approximate surface area is 115 Å². The highest BCUT2D eigenvalue weighted by Crippen LogP contribution is 2.28. The summed E-state index contributed by atoms with van der Waals surface area (Å²) in [5.74, 6) is 1.03. The summed E-state index contributed by atoms with van der Waals surface area (Å²) in [5.41, 5.74) is 2.57. The van der Waals surface area contributed by atoms with Gasteiger partial charge in [0.05, 0.1) is 32.5 Å². The summed E-state index contributed by atoms with van der Waals surface area (Å²) >= 11 is 0. The van der Waals surface area contributed by atoms with E-state index in [1.54, 1.807) is 7.11 Å². The molecule has 0 saturated heterocycles. The van der Waals surface area contributed by atoms with Crippen molar-refractivity contribution in [3.63, 3.8) is 0 Å². The number of hydrogen-bond acceptors (Lipinski definition) is 4. The van der Waals surface area contributed by atoms with Crippen molar-refractivity contribution in [1.82, 2.24) is 5.32 Å². The fraction of sp³-hybridized carbons (Fsp3) is 0.600. The predicted molar refractivity (Wildman–Crippen MR) is 74.8 cm³/mol. The standard InChI is InChI=1S/C15H23NO3/c1-3-16-14(11-18-9-8-17-2)12-4-5-15-13(10-12)6-7-19-15/h4-5,10,14,16H,3,6-9,11H2,1-2H3. The molecular weight excluding hydrogens is 242 g/mol. The van der Waals surface area contributed by atoms with E-state index in [4.69, 9.17) is 14.2 Å². The molecule has 1 aromatic carbocycles. The van der Waals surface area contributed by atoms with E-state index >= 15 is 0 Å². The molecule has 1 aromatic rings. The molecule has 4 heteroatoms. The van der Waals surface area contributed by atoms with Gasteiger partial charge >= 0.3 is 0 Å². The second-order valence-corrected chi connectivity index (χ2v) is 4.64. The average Bonchev–Trinajstić information content (AvgIpc) is 2.89. The lowest BCUT2D eigenvalue weighted by molar-refractivity contribution is 0.0588. The number of ether oxygens (including phenoxy) is 3. The van der Waals surface area contributed by atoms with E-state index in [0.717, 1.165) is 25.3 Å². The van der Waals surface area contributed by atoms with Crippen molar-refractivity contribution in [3.8, 4) is 5.75 Å². The van der Waals surface area contributed by atoms with Gasteiger partial charge in [0.25, 0.3) is 0 Å². The Morgan fingerprint density at radius 1 is 1.37 bits per heavy atom. The highest BCUT2D eigenvalue weighted by Gasteiger charge is 2.16. The maximum absolute atomic E-state index is 5.64. The molecule has 1 aliphatic rings. The first-order valence-corrected chi connectivity index (χ1v) is 6.90. The lowest BCUT2D eigenvalue weighted by Gasteiger charge is -2.19. The number of rotatable bonds is 8. The molecule has 0 aromatic heterocycles. The second-order valence-electron chi connectivity index (χ2n) is 4.64. The largest absolute Gasteiger partial charge is 0.493 e. The van der Waals surface area contributed by atoms with Gasteiger partial charge in [0.2, 0.25) is 0 Å². The van der Waals surface area contributed by atoms with Crippen LogP contribution in [0.5, 0.6) is 5.75 Å². The van der Waals surface area contributed by atoms with Gasteiger partial charge in [-0.05, 0) is 23.7 Å². The van der Waals surface area contributed by atoms with Crippen molar-refractivity contribution in [2.45, 2.75) is 19.4 Å². The fourth-order valence-electron chi connectivity index (χ4n) is 2.29. The van der Waals surface area contributed by atoms with E-state index in [-0.39, 0.29) is 6.04 Å². The molecule has 19 heavy (non-hydrogen) atoms. The van der Waals surface area contributed by atoms with Crippen LogP contribution in [0.2, 0.25) is 0 Å². The fourth-order valence-corrected chi connectivity index (χ4v) is 2.29. The third-order valence-corrected chi connectivity index (χ3v) is 3.28. The van der Waals surface area contributed by atoms with E-state index < -0.39 is 0 Å². The van der Waals surface area contributed by atoms with Gasteiger partial charge in [-0.25, -0.2) is 0 Å². The Morgan fingerprint density at radius 3 is 3.05 bits per heavy atom. The van der Waals surface area contributed by atoms with Crippen LogP contribution in [0.3, 0.4) is 0 Å². The van der Waals surface area contributed by atoms with Crippen LogP contribution in [-0.4, -0.2) is 40.1 Å². The van der Waals surface area contributed by atoms with Crippen LogP contribution in [0.1, 0.15) is 24.1 Å². The molecule has 0 amide bonds. The number of fused-ring (bicyclic) bond motifs is 1. The molecule has 106 valence electrons. The van der Waals surface area contributed by atoms with E-state index in [0.29, 0.717) is 19.8 Å². The lowest BCUT2D eigenvalue weighted by Crippen LogP contribution is -2.26. The smallest absolute Gasteiger partial charge is 0.122 e. The summed E-state index contributed by atoms with van der Waals surface area (Å²) in [6.45, 7) is 5.76. The van der Waals surface area contributed by atoms with Crippen molar-refractivity contribution in [2.75, 3.05) is 40.1 Å². The predicted octanol–water partition coefficient (Wildman–Crippen LogP) is 1.94. The zero-order valence-electron chi connectivity index (χ0n) is 11.8. The number of nitrogens with one attached hydrogen (secondary N) is 1. The number of methoxy groups -OCH3 is 1. The number of hydrogen-bond donors (Lipinski definition) is 1. The molecule has 1 atom stereocenters. The normalized spacial score (nSPS) is 15.1. The summed E-state index contributed by atoms with van der Waals surface area (Å²) in [6, 6.07) is 6.65. The Hall–Kier alpha value is -1.10. The minimum absolute atomic E-state index is 0.229. The first-order chi connectivity index (χ1) is 9.35. The molecule has 0 aliphatic carbocycles. The van der Waals surface area contributed by atoms with E-state index in [2.05, 4.69) is 30.4 Å². The zero-order valence-corrected chi connectivity index (χ0v) is 11.8. The minimum atomic E-state index is 0.229. The summed E-state index contributed by atoms with van der Waals surface area (Å²) in [5, 5.41) is 3.46. The van der Waals surface area contributed by atoms with Crippen molar-refractivity contribution in [1.29, 1.82) is 0 Å². The molecule has 4 nitrogen and oxygen atoms in total. The van der Waals surface area contributed by atoms with Crippen LogP contribution < -0.4 is 10.1 Å². The molecule has 0 radical (unpaired) electrons. The first kappa shape index (κ1) is 14.3. The Morgan fingerprint density at radius 2 is 2.26 bits per heavy atom. The summed E-state index contributed by atoms with van der Waals surface area (Å²) in [6.07, 6.45) is 1.01. The van der Waals surface area contributed by atoms with Gasteiger partial charge in [-0.2, -0.15) is 0 Å². The molecule has 0 fully saturated rings. The van der Waals surface area contributed by atoms with Crippen LogP contribution in [0.4, 0.5) is 0 Å². The molecule has 0 saturated carbocycles. The average molecular weight is 265 g/mol. The van der Waals surface area contributed by atoms with Gasteiger partial charge in [0, 0.05) is 13.5 Å². The van der Waals surface area contributed by atoms with Gasteiger partial charge in [-0.15, -0.1) is 0 Å². The van der Waals surface area contributed by atoms with E-state index in [1.165, 1.54) is 11.1 Å². The van der Waals surface area contributed by atoms with Crippen LogP contribution in [-0.2, 0) is 15.9 Å². The SMILES string of the molecule is CCNC(COCCOC)c1ccc2c(c1)CCO2. The van der Waals surface area contributed by atoms with Gasteiger partial charge < -0.3 is 19.5 Å². The van der Waals surface area contributed by atoms with Crippen molar-refractivity contribution in [2.24, 2.45) is 0 Å². The summed E-state index contributed by atoms with van der Waals surface area (Å²) in [4.78, 5) is 0. The third kappa shape index (κ3) is 3.93. The molecule has 1 unspecified atom stereocenters. The quantitative estimate of drug-likeness (QED) is 0.729. The number of likely N-dealkylation sites (N-methyl/N-ethyl adjacent to an activating group) is 1. The van der Waals surface area contributed by atoms with Crippen LogP contribution in [0, 0.1) is 0 Å². The maximum Gasteiger partial charge on any atom is 0.122 e. The van der Waals surface area contributed by atoms with E-state index in [9.17, 15) is 0 Å². The van der Waals surface area contributed by atoms with Crippen molar-refractivity contribution < 1.29 is 14.2 Å². The van der Waals surface area contributed by atoms with Gasteiger partial charge in [-0.1, -0.05) is 19.1 Å². The van der Waals surface area contributed by atoms with Crippen LogP contribution in [0.25, 0.3) is 0 Å². The van der Waals surface area contributed by atoms with Crippen molar-refractivity contribution in [3.05, 3.63) is 29.3 Å². The van der Waals surface area contributed by atoms with E-state index in [1.807, 2.05) is 0 Å². The summed E-state index contributed by atoms with van der Waals surface area (Å²) < 4.78 is 16.2. The minimum Gasteiger partial charge on any atom is -0.493 e. The Kier molecular flexibility index (Phi) is 5.63. The van der Waals surface area contributed by atoms with Crippen molar-refractivity contribution >= 4 is 0 Å². The van der Waals surface area contributed by atoms with Gasteiger partial charge in [0.1, 0.15) is 5.75 Å². The topological polar surface area (TPSA) is 39.7 Å². The zero-order chi connectivity index (χ0) is 13.5. The highest BCUT2D eigenvalue weighted by atomic mass is 16.5. The summed E-state index contributed by atoms with van der Waals surface area (Å²) in [7, 11) is 1.69. The monoisotopic (exact) mass is 265 g/mol. The third-order valence-electron chi connectivity index (χ3n) is 3.28. The lowest BCUT2D eigenvalue weighted by atomic mass is 10.0. The molecule has 2 rings (SSSR count). The molecule has 0 spiro atoms. The van der Waals surface area contributed by atoms with Crippen LogP contribution in [0.15, 0.2) is 18.2 Å². The molecule has 1 aliphatic heterocycles. The number of benzene rings is 1. The molecule has 1 heterocycles. The molecule has 1 N–H and O–H groups in total. The Balaban J connectivity index is 1.97. The molecular formula is C15H23NO3.